The van der Waals surface area contributed by atoms with Crippen molar-refractivity contribution in [2.75, 3.05) is 51.5 Å². The van der Waals surface area contributed by atoms with Crippen molar-refractivity contribution in [3.05, 3.63) is 138 Å². The van der Waals surface area contributed by atoms with E-state index in [1.54, 1.807) is 18.2 Å². The number of aromatic nitrogens is 3. The molecule has 3 aliphatic rings. The highest BCUT2D eigenvalue weighted by atomic mass is 16.6. The molecule has 1 saturated heterocycles. The first kappa shape index (κ1) is 46.8. The number of nitrogens with zero attached hydrogens (tertiary/aromatic N) is 4. The van der Waals surface area contributed by atoms with E-state index >= 15 is 0 Å². The molecule has 9 rings (SSSR count). The minimum atomic E-state index is -1.03. The number of carbonyl (C=O) groups is 5. The number of imide groups is 2. The van der Waals surface area contributed by atoms with Crippen molar-refractivity contribution in [2.24, 2.45) is 0 Å². The van der Waals surface area contributed by atoms with Crippen LogP contribution in [0, 0.1) is 5.41 Å². The summed E-state index contributed by atoms with van der Waals surface area (Å²) in [7, 11) is 0. The van der Waals surface area contributed by atoms with Crippen LogP contribution in [-0.2, 0) is 39.9 Å². The fourth-order valence-electron chi connectivity index (χ4n) is 9.55. The van der Waals surface area contributed by atoms with Crippen LogP contribution in [0.3, 0.4) is 0 Å². The number of piperidine rings is 1. The standard InChI is InChI=1S/C53H55N7O9/c54-49-47-45(36-13-6-2-7-14-36)48(37-15-8-3-9-16-37)58(33-35-11-4-1-5-12-35)50(47)56-34-59(49)38-19-21-39(22-20-38)69-44(62)25-27-66-29-31-68-32-30-67-28-26-55-41-18-10-17-40-46(41)53(65)60(52(40)64)42-23-24-43(61)57-51(42)63/h1-18,34,38-39,42,54-55H,19-33H2,(H,57,61,63)/t38-,39-,42?. The number of hydrogen-bond donors (Lipinski definition) is 3. The maximum atomic E-state index is 13.3. The largest absolute Gasteiger partial charge is 0.462 e. The van der Waals surface area contributed by atoms with Crippen LogP contribution in [-0.4, -0.2) is 107 Å². The Kier molecular flexibility index (Phi) is 14.8. The number of anilines is 1. The fourth-order valence-corrected chi connectivity index (χ4v) is 9.55. The number of benzene rings is 4. The number of hydrogen-bond acceptors (Lipinski definition) is 12. The van der Waals surface area contributed by atoms with Crippen LogP contribution < -0.4 is 16.1 Å². The SMILES string of the molecule is N=c1c2c(-c3ccccc3)c(-c3ccccc3)n(Cc3ccccc3)c2ncn1[C@H]1CC[C@H](OC(=O)CCOCCOCCOCCNc2cccc3c2C(=O)N(C2CCC(=O)NC2=O)C3=O)CC1. The first-order chi connectivity index (χ1) is 33.8. The van der Waals surface area contributed by atoms with Crippen molar-refractivity contribution >= 4 is 46.3 Å². The van der Waals surface area contributed by atoms with Gasteiger partial charge in [-0.1, -0.05) is 97.1 Å². The third kappa shape index (κ3) is 10.4. The Morgan fingerprint density at radius 2 is 1.36 bits per heavy atom. The predicted molar refractivity (Wildman–Crippen MR) is 256 cm³/mol. The zero-order chi connectivity index (χ0) is 47.7. The molecular weight excluding hydrogens is 879 g/mol. The molecule has 1 atom stereocenters. The van der Waals surface area contributed by atoms with E-state index in [1.807, 2.05) is 65.5 Å². The summed E-state index contributed by atoms with van der Waals surface area (Å²) in [6.07, 6.45) is 4.75. The van der Waals surface area contributed by atoms with Crippen LogP contribution >= 0.6 is 0 Å². The van der Waals surface area contributed by atoms with Gasteiger partial charge in [0, 0.05) is 36.8 Å². The maximum Gasteiger partial charge on any atom is 0.308 e. The Balaban J connectivity index is 0.695. The smallest absolute Gasteiger partial charge is 0.308 e. The zero-order valence-electron chi connectivity index (χ0n) is 38.3. The summed E-state index contributed by atoms with van der Waals surface area (Å²) in [6.45, 7) is 2.76. The van der Waals surface area contributed by atoms with Crippen LogP contribution in [0.15, 0.2) is 116 Å². The van der Waals surface area contributed by atoms with Crippen molar-refractivity contribution in [3.8, 4) is 22.4 Å². The summed E-state index contributed by atoms with van der Waals surface area (Å²) in [6, 6.07) is 34.9. The number of ether oxygens (including phenoxy) is 4. The highest BCUT2D eigenvalue weighted by molar-refractivity contribution is 6.25. The molecule has 69 heavy (non-hydrogen) atoms. The lowest BCUT2D eigenvalue weighted by molar-refractivity contribution is -0.152. The summed E-state index contributed by atoms with van der Waals surface area (Å²) in [5.41, 5.74) is 7.29. The second-order valence-corrected chi connectivity index (χ2v) is 17.3. The van der Waals surface area contributed by atoms with E-state index in [0.717, 1.165) is 56.7 Å². The number of carbonyl (C=O) groups excluding carboxylic acids is 5. The highest BCUT2D eigenvalue weighted by Crippen LogP contribution is 2.40. The van der Waals surface area contributed by atoms with Gasteiger partial charge in [0.25, 0.3) is 11.8 Å². The third-order valence-corrected chi connectivity index (χ3v) is 12.9. The minimum absolute atomic E-state index is 0.0350. The molecule has 2 fully saturated rings. The van der Waals surface area contributed by atoms with Crippen LogP contribution in [0.5, 0.6) is 0 Å². The summed E-state index contributed by atoms with van der Waals surface area (Å²) < 4.78 is 27.0. The average molecular weight is 934 g/mol. The van der Waals surface area contributed by atoms with Gasteiger partial charge in [0.05, 0.1) is 74.6 Å². The zero-order valence-corrected chi connectivity index (χ0v) is 38.3. The number of amides is 4. The molecule has 2 aliphatic heterocycles. The summed E-state index contributed by atoms with van der Waals surface area (Å²) >= 11 is 0. The van der Waals surface area contributed by atoms with E-state index in [4.69, 9.17) is 23.9 Å². The lowest BCUT2D eigenvalue weighted by Gasteiger charge is -2.30. The average Bonchev–Trinajstić information content (AvgIpc) is 3.83. The monoisotopic (exact) mass is 933 g/mol. The van der Waals surface area contributed by atoms with Gasteiger partial charge >= 0.3 is 5.97 Å². The highest BCUT2D eigenvalue weighted by Gasteiger charge is 2.45. The second kappa shape index (κ2) is 21.8. The first-order valence-electron chi connectivity index (χ1n) is 23.6. The van der Waals surface area contributed by atoms with Crippen molar-refractivity contribution in [1.82, 2.24) is 24.3 Å². The quantitative estimate of drug-likeness (QED) is 0.0420. The maximum absolute atomic E-state index is 13.3. The van der Waals surface area contributed by atoms with E-state index in [-0.39, 0.29) is 55.1 Å². The van der Waals surface area contributed by atoms with Gasteiger partial charge in [-0.05, 0) is 60.9 Å². The van der Waals surface area contributed by atoms with Gasteiger partial charge in [0.1, 0.15) is 23.3 Å². The molecule has 2 aromatic heterocycles. The van der Waals surface area contributed by atoms with Gasteiger partial charge in [-0.15, -0.1) is 0 Å². The number of fused-ring (bicyclic) bond motifs is 2. The summed E-state index contributed by atoms with van der Waals surface area (Å²) in [5.74, 6) is -2.52. The van der Waals surface area contributed by atoms with Gasteiger partial charge in [-0.2, -0.15) is 0 Å². The van der Waals surface area contributed by atoms with Crippen molar-refractivity contribution in [2.45, 2.75) is 69.7 Å². The Bertz CT molecular complexity index is 2880. The first-order valence-corrected chi connectivity index (χ1v) is 23.6. The Morgan fingerprint density at radius 3 is 2.06 bits per heavy atom. The third-order valence-electron chi connectivity index (χ3n) is 12.9. The van der Waals surface area contributed by atoms with Crippen LogP contribution in [0.2, 0.25) is 0 Å². The van der Waals surface area contributed by atoms with Crippen molar-refractivity contribution in [1.29, 1.82) is 5.41 Å². The fraction of sp³-hybridized carbons (Fsp3) is 0.340. The van der Waals surface area contributed by atoms with Crippen LogP contribution in [0.4, 0.5) is 5.69 Å². The molecule has 6 aromatic rings. The number of esters is 1. The second-order valence-electron chi connectivity index (χ2n) is 17.3. The van der Waals surface area contributed by atoms with E-state index in [2.05, 4.69) is 51.6 Å². The van der Waals surface area contributed by atoms with Gasteiger partial charge < -0.3 is 33.4 Å². The molecule has 4 heterocycles. The molecule has 1 unspecified atom stereocenters. The molecule has 0 radical (unpaired) electrons. The van der Waals surface area contributed by atoms with Crippen LogP contribution in [0.25, 0.3) is 33.4 Å². The molecule has 356 valence electrons. The van der Waals surface area contributed by atoms with Gasteiger partial charge in [-0.25, -0.2) is 4.98 Å². The minimum Gasteiger partial charge on any atom is -0.462 e. The normalized spacial score (nSPS) is 18.1. The number of nitrogens with one attached hydrogen (secondary N) is 3. The number of rotatable bonds is 20. The van der Waals surface area contributed by atoms with E-state index in [0.29, 0.717) is 70.1 Å². The molecular formula is C53H55N7O9. The molecule has 0 bridgehead atoms. The molecule has 3 N–H and O–H groups in total. The van der Waals surface area contributed by atoms with Crippen molar-refractivity contribution < 1.29 is 42.9 Å². The van der Waals surface area contributed by atoms with Crippen LogP contribution in [0.1, 0.15) is 77.3 Å². The van der Waals surface area contributed by atoms with Gasteiger partial charge in [-0.3, -0.25) is 39.6 Å². The van der Waals surface area contributed by atoms with Crippen molar-refractivity contribution in [3.63, 3.8) is 0 Å². The molecule has 16 heteroatoms. The van der Waals surface area contributed by atoms with E-state index < -0.39 is 29.7 Å². The molecule has 1 saturated carbocycles. The molecule has 4 aromatic carbocycles. The predicted octanol–water partition coefficient (Wildman–Crippen LogP) is 6.68. The van der Waals surface area contributed by atoms with E-state index in [1.165, 1.54) is 0 Å². The Morgan fingerprint density at radius 1 is 0.710 bits per heavy atom. The van der Waals surface area contributed by atoms with Gasteiger partial charge in [0.15, 0.2) is 0 Å². The lowest BCUT2D eigenvalue weighted by atomic mass is 9.92. The molecule has 4 amide bonds. The summed E-state index contributed by atoms with van der Waals surface area (Å²) in [4.78, 5) is 69.2. The van der Waals surface area contributed by atoms with Gasteiger partial charge in [0.2, 0.25) is 11.8 Å². The Hall–Kier alpha value is -7.27. The molecule has 16 nitrogen and oxygen atoms in total. The summed E-state index contributed by atoms with van der Waals surface area (Å²) in [5, 5.41) is 15.9. The molecule has 1 aliphatic carbocycles. The van der Waals surface area contributed by atoms with E-state index in [9.17, 15) is 29.4 Å². The molecule has 0 spiro atoms. The topological polar surface area (TPSA) is 196 Å². The Labute approximate surface area is 399 Å². The lowest BCUT2D eigenvalue weighted by Crippen LogP contribution is -2.54.